The normalized spacial score (nSPS) is 16.3. The van der Waals surface area contributed by atoms with Gasteiger partial charge in [-0.3, -0.25) is 0 Å². The second-order valence-electron chi connectivity index (χ2n) is 1.51. The Balaban J connectivity index is 2.79. The molecule has 1 heteroatoms. The van der Waals surface area contributed by atoms with Crippen LogP contribution in [-0.4, -0.2) is 10.2 Å². The first-order valence-electron chi connectivity index (χ1n) is 2.44. The monoisotopic (exact) mass is 108 g/mol. The van der Waals surface area contributed by atoms with E-state index in [0.717, 1.165) is 0 Å². The van der Waals surface area contributed by atoms with Crippen molar-refractivity contribution < 1.29 is 0 Å². The van der Waals surface area contributed by atoms with E-state index in [1.807, 2.05) is 0 Å². The van der Waals surface area contributed by atoms with E-state index in [2.05, 4.69) is 30.0 Å². The molecule has 7 heavy (non-hydrogen) atoms. The molecule has 0 saturated carbocycles. The summed E-state index contributed by atoms with van der Waals surface area (Å²) in [5, 5.41) is 0. The van der Waals surface area contributed by atoms with Gasteiger partial charge in [0.1, 0.15) is 0 Å². The van der Waals surface area contributed by atoms with Crippen LogP contribution in [0, 0.1) is 0 Å². The van der Waals surface area contributed by atoms with E-state index >= 15 is 0 Å². The SMILES string of the molecule is [SiH3]C=C1C=CC=C1. The van der Waals surface area contributed by atoms with Gasteiger partial charge in [-0.2, -0.15) is 0 Å². The van der Waals surface area contributed by atoms with Gasteiger partial charge in [0.25, 0.3) is 0 Å². The molecule has 36 valence electrons. The third-order valence-electron chi connectivity index (χ3n) is 1.02. The van der Waals surface area contributed by atoms with Gasteiger partial charge in [-0.1, -0.05) is 30.0 Å². The van der Waals surface area contributed by atoms with Crippen molar-refractivity contribution in [2.24, 2.45) is 0 Å². The molecule has 0 fully saturated rings. The van der Waals surface area contributed by atoms with Crippen molar-refractivity contribution in [3.05, 3.63) is 35.6 Å². The third-order valence-corrected chi connectivity index (χ3v) is 1.69. The quantitative estimate of drug-likeness (QED) is 0.393. The minimum absolute atomic E-state index is 1.17. The van der Waals surface area contributed by atoms with Gasteiger partial charge in [-0.05, 0) is 5.57 Å². The maximum atomic E-state index is 2.22. The Kier molecular flexibility index (Phi) is 1.27. The highest BCUT2D eigenvalue weighted by molar-refractivity contribution is 6.17. The lowest BCUT2D eigenvalue weighted by Crippen LogP contribution is -1.62. The first-order valence-corrected chi connectivity index (χ1v) is 3.60. The van der Waals surface area contributed by atoms with Crippen molar-refractivity contribution >= 4 is 10.2 Å². The molecule has 0 aromatic rings. The minimum Gasteiger partial charge on any atom is -0.0983 e. The number of hydrogen-bond acceptors (Lipinski definition) is 0. The van der Waals surface area contributed by atoms with Crippen LogP contribution in [0.15, 0.2) is 35.6 Å². The van der Waals surface area contributed by atoms with Crippen molar-refractivity contribution in [1.29, 1.82) is 0 Å². The van der Waals surface area contributed by atoms with Crippen LogP contribution in [0.2, 0.25) is 0 Å². The summed E-state index contributed by atoms with van der Waals surface area (Å²) in [6.07, 6.45) is 8.35. The summed E-state index contributed by atoms with van der Waals surface area (Å²) < 4.78 is 0. The molecule has 0 unspecified atom stereocenters. The van der Waals surface area contributed by atoms with Crippen molar-refractivity contribution in [3.8, 4) is 0 Å². The highest BCUT2D eigenvalue weighted by Gasteiger charge is 1.84. The zero-order valence-corrected chi connectivity index (χ0v) is 6.39. The molecule has 0 bridgehead atoms. The van der Waals surface area contributed by atoms with E-state index in [9.17, 15) is 0 Å². The average Bonchev–Trinajstić information content (AvgIpc) is 2.14. The van der Waals surface area contributed by atoms with Crippen molar-refractivity contribution in [1.82, 2.24) is 0 Å². The van der Waals surface area contributed by atoms with Crippen LogP contribution in [0.4, 0.5) is 0 Å². The van der Waals surface area contributed by atoms with Gasteiger partial charge in [-0.25, -0.2) is 0 Å². The van der Waals surface area contributed by atoms with Gasteiger partial charge in [-0.15, -0.1) is 0 Å². The molecule has 0 spiro atoms. The summed E-state index contributed by atoms with van der Waals surface area (Å²) in [6.45, 7) is 0. The maximum Gasteiger partial charge on any atom is 0.0299 e. The van der Waals surface area contributed by atoms with Crippen LogP contribution in [0.3, 0.4) is 0 Å². The lowest BCUT2D eigenvalue weighted by molar-refractivity contribution is 1.83. The summed E-state index contributed by atoms with van der Waals surface area (Å²) in [6, 6.07) is 0. The smallest absolute Gasteiger partial charge is 0.0299 e. The lowest BCUT2D eigenvalue weighted by atomic mass is 10.3. The van der Waals surface area contributed by atoms with Crippen LogP contribution in [-0.2, 0) is 0 Å². The summed E-state index contributed by atoms with van der Waals surface area (Å²) in [5.41, 5.74) is 3.59. The fourth-order valence-corrected chi connectivity index (χ4v) is 0.966. The Bertz CT molecular complexity index is 126. The van der Waals surface area contributed by atoms with Crippen molar-refractivity contribution in [2.75, 3.05) is 0 Å². The molecule has 0 radical (unpaired) electrons. The maximum absolute atomic E-state index is 2.22. The molecular formula is C6H8Si. The molecule has 0 atom stereocenters. The van der Waals surface area contributed by atoms with Gasteiger partial charge in [0.15, 0.2) is 0 Å². The zero-order valence-electron chi connectivity index (χ0n) is 4.39. The molecule has 0 aliphatic heterocycles. The number of allylic oxidation sites excluding steroid dienone is 5. The lowest BCUT2D eigenvalue weighted by Gasteiger charge is -1.78. The molecule has 0 amide bonds. The van der Waals surface area contributed by atoms with E-state index in [0.29, 0.717) is 0 Å². The Morgan fingerprint density at radius 3 is 2.14 bits per heavy atom. The summed E-state index contributed by atoms with van der Waals surface area (Å²) >= 11 is 0. The minimum atomic E-state index is 1.17. The number of rotatable bonds is 0. The summed E-state index contributed by atoms with van der Waals surface area (Å²) in [7, 11) is 1.17. The average molecular weight is 108 g/mol. The second kappa shape index (κ2) is 1.94. The zero-order chi connectivity index (χ0) is 5.11. The predicted molar refractivity (Wildman–Crippen MR) is 36.3 cm³/mol. The fourth-order valence-electron chi connectivity index (χ4n) is 0.581. The van der Waals surface area contributed by atoms with Gasteiger partial charge in [0.05, 0.1) is 0 Å². The van der Waals surface area contributed by atoms with E-state index in [1.165, 1.54) is 15.8 Å². The first-order chi connectivity index (χ1) is 3.43. The molecule has 1 aliphatic carbocycles. The molecule has 1 rings (SSSR count). The van der Waals surface area contributed by atoms with Crippen LogP contribution < -0.4 is 0 Å². The van der Waals surface area contributed by atoms with Gasteiger partial charge in [0.2, 0.25) is 0 Å². The molecule has 1 aliphatic rings. The van der Waals surface area contributed by atoms with Crippen LogP contribution in [0.5, 0.6) is 0 Å². The van der Waals surface area contributed by atoms with Crippen LogP contribution in [0.1, 0.15) is 0 Å². The van der Waals surface area contributed by atoms with Gasteiger partial charge >= 0.3 is 0 Å². The molecule has 0 nitrogen and oxygen atoms in total. The molecule has 0 heterocycles. The van der Waals surface area contributed by atoms with Crippen LogP contribution in [0.25, 0.3) is 0 Å². The van der Waals surface area contributed by atoms with E-state index in [4.69, 9.17) is 0 Å². The summed E-state index contributed by atoms with van der Waals surface area (Å²) in [5.74, 6) is 0. The van der Waals surface area contributed by atoms with Crippen molar-refractivity contribution in [2.45, 2.75) is 0 Å². The standard InChI is InChI=1S/C6H8Si/c7-5-6-3-1-2-4-6/h1-5H,7H3. The Morgan fingerprint density at radius 1 is 1.29 bits per heavy atom. The van der Waals surface area contributed by atoms with Gasteiger partial charge in [0, 0.05) is 10.2 Å². The largest absolute Gasteiger partial charge is 0.0983 e. The van der Waals surface area contributed by atoms with E-state index in [-0.39, 0.29) is 0 Å². The molecule has 0 N–H and O–H groups in total. The third kappa shape index (κ3) is 0.902. The topological polar surface area (TPSA) is 0 Å². The molecular weight excluding hydrogens is 100 g/mol. The fraction of sp³-hybridized carbons (Fsp3) is 0. The first kappa shape index (κ1) is 4.59. The highest BCUT2D eigenvalue weighted by atomic mass is 28.1. The summed E-state index contributed by atoms with van der Waals surface area (Å²) in [4.78, 5) is 0. The number of hydrogen-bond donors (Lipinski definition) is 0. The Labute approximate surface area is 46.7 Å². The Hall–Kier alpha value is -0.563. The molecule has 0 aromatic carbocycles. The van der Waals surface area contributed by atoms with E-state index in [1.54, 1.807) is 0 Å². The van der Waals surface area contributed by atoms with Gasteiger partial charge < -0.3 is 0 Å². The molecule has 0 saturated heterocycles. The second-order valence-corrected chi connectivity index (χ2v) is 2.08. The van der Waals surface area contributed by atoms with E-state index < -0.39 is 0 Å². The Morgan fingerprint density at radius 2 is 1.86 bits per heavy atom. The van der Waals surface area contributed by atoms with Crippen LogP contribution >= 0.6 is 0 Å². The predicted octanol–water partition coefficient (Wildman–Crippen LogP) is 0.362. The van der Waals surface area contributed by atoms with Crippen molar-refractivity contribution in [3.63, 3.8) is 0 Å². The molecule has 0 aromatic heterocycles. The highest BCUT2D eigenvalue weighted by Crippen LogP contribution is 2.03.